The van der Waals surface area contributed by atoms with Crippen LogP contribution in [0.5, 0.6) is 5.75 Å². The Balaban J connectivity index is 2.27. The smallest absolute Gasteiger partial charge is 0.142 e. The van der Waals surface area contributed by atoms with Gasteiger partial charge in [-0.3, -0.25) is 4.98 Å². The molecule has 0 radical (unpaired) electrons. The molecular formula is C16H20N2O2. The van der Waals surface area contributed by atoms with Gasteiger partial charge in [0, 0.05) is 29.6 Å². The van der Waals surface area contributed by atoms with Gasteiger partial charge in [-0.15, -0.1) is 0 Å². The van der Waals surface area contributed by atoms with Crippen LogP contribution < -0.4 is 5.32 Å². The normalized spacial score (nSPS) is 10.6. The summed E-state index contributed by atoms with van der Waals surface area (Å²) >= 11 is 0. The number of aryl methyl sites for hydroxylation is 2. The SMILES string of the molecule is Cc1cccc(NCc2c(CO)cnc(C)c2O)c1C. The predicted octanol–water partition coefficient (Wildman–Crippen LogP) is 2.82. The van der Waals surface area contributed by atoms with Crippen molar-refractivity contribution < 1.29 is 10.2 Å². The predicted molar refractivity (Wildman–Crippen MR) is 79.8 cm³/mol. The molecule has 1 aromatic heterocycles. The van der Waals surface area contributed by atoms with Crippen LogP contribution >= 0.6 is 0 Å². The van der Waals surface area contributed by atoms with E-state index in [0.29, 0.717) is 23.4 Å². The number of aliphatic hydroxyl groups is 1. The van der Waals surface area contributed by atoms with Crippen molar-refractivity contribution in [2.24, 2.45) is 0 Å². The summed E-state index contributed by atoms with van der Waals surface area (Å²) in [6.07, 6.45) is 1.61. The average molecular weight is 272 g/mol. The molecular weight excluding hydrogens is 252 g/mol. The first kappa shape index (κ1) is 14.3. The molecule has 20 heavy (non-hydrogen) atoms. The monoisotopic (exact) mass is 272 g/mol. The van der Waals surface area contributed by atoms with Gasteiger partial charge in [0.05, 0.1) is 12.3 Å². The number of aliphatic hydroxyl groups excluding tert-OH is 1. The summed E-state index contributed by atoms with van der Waals surface area (Å²) < 4.78 is 0. The molecule has 2 rings (SSSR count). The maximum Gasteiger partial charge on any atom is 0.142 e. The van der Waals surface area contributed by atoms with Gasteiger partial charge in [0.1, 0.15) is 5.75 Å². The number of rotatable bonds is 4. The van der Waals surface area contributed by atoms with Gasteiger partial charge in [-0.25, -0.2) is 0 Å². The van der Waals surface area contributed by atoms with E-state index in [1.807, 2.05) is 12.1 Å². The zero-order chi connectivity index (χ0) is 14.7. The third-order valence-electron chi connectivity index (χ3n) is 3.66. The van der Waals surface area contributed by atoms with Crippen molar-refractivity contribution >= 4 is 5.69 Å². The zero-order valence-corrected chi connectivity index (χ0v) is 12.1. The lowest BCUT2D eigenvalue weighted by atomic mass is 10.1. The summed E-state index contributed by atoms with van der Waals surface area (Å²) in [5.41, 5.74) is 5.34. The maximum atomic E-state index is 10.1. The highest BCUT2D eigenvalue weighted by Gasteiger charge is 2.11. The molecule has 1 aromatic carbocycles. The fourth-order valence-electron chi connectivity index (χ4n) is 2.14. The molecule has 0 amide bonds. The second-order valence-electron chi connectivity index (χ2n) is 4.96. The Bertz CT molecular complexity index is 624. The van der Waals surface area contributed by atoms with Gasteiger partial charge in [0.15, 0.2) is 0 Å². The molecule has 0 aliphatic heterocycles. The highest BCUT2D eigenvalue weighted by Crippen LogP contribution is 2.26. The van der Waals surface area contributed by atoms with E-state index in [4.69, 9.17) is 0 Å². The summed E-state index contributed by atoms with van der Waals surface area (Å²) in [6.45, 7) is 6.19. The fraction of sp³-hybridized carbons (Fsp3) is 0.312. The first-order chi connectivity index (χ1) is 9.54. The van der Waals surface area contributed by atoms with Crippen molar-refractivity contribution in [3.05, 3.63) is 52.3 Å². The van der Waals surface area contributed by atoms with Crippen LogP contribution in [0.25, 0.3) is 0 Å². The number of nitrogens with one attached hydrogen (secondary N) is 1. The van der Waals surface area contributed by atoms with Gasteiger partial charge in [-0.1, -0.05) is 12.1 Å². The van der Waals surface area contributed by atoms with Gasteiger partial charge in [-0.05, 0) is 38.0 Å². The van der Waals surface area contributed by atoms with Crippen LogP contribution in [-0.4, -0.2) is 15.2 Å². The van der Waals surface area contributed by atoms with E-state index in [1.54, 1.807) is 13.1 Å². The van der Waals surface area contributed by atoms with Gasteiger partial charge >= 0.3 is 0 Å². The molecule has 0 saturated carbocycles. The van der Waals surface area contributed by atoms with Gasteiger partial charge < -0.3 is 15.5 Å². The summed E-state index contributed by atoms with van der Waals surface area (Å²) in [4.78, 5) is 4.06. The Hall–Kier alpha value is -2.07. The summed E-state index contributed by atoms with van der Waals surface area (Å²) in [6, 6.07) is 6.06. The van der Waals surface area contributed by atoms with Gasteiger partial charge in [0.2, 0.25) is 0 Å². The minimum Gasteiger partial charge on any atom is -0.506 e. The number of pyridine rings is 1. The molecule has 0 aliphatic rings. The molecule has 2 aromatic rings. The zero-order valence-electron chi connectivity index (χ0n) is 12.1. The molecule has 3 N–H and O–H groups in total. The molecule has 106 valence electrons. The number of aromatic hydroxyl groups is 1. The lowest BCUT2D eigenvalue weighted by molar-refractivity contribution is 0.279. The molecule has 0 atom stereocenters. The number of hydrogen-bond acceptors (Lipinski definition) is 4. The molecule has 0 saturated heterocycles. The quantitative estimate of drug-likeness (QED) is 0.800. The number of hydrogen-bond donors (Lipinski definition) is 3. The topological polar surface area (TPSA) is 65.4 Å². The Kier molecular flexibility index (Phi) is 4.25. The van der Waals surface area contributed by atoms with E-state index >= 15 is 0 Å². The third kappa shape index (κ3) is 2.75. The second-order valence-corrected chi connectivity index (χ2v) is 4.96. The summed E-state index contributed by atoms with van der Waals surface area (Å²) in [7, 11) is 0. The van der Waals surface area contributed by atoms with E-state index in [2.05, 4.69) is 30.2 Å². The molecule has 0 bridgehead atoms. The van der Waals surface area contributed by atoms with Crippen LogP contribution in [0, 0.1) is 20.8 Å². The molecule has 0 fully saturated rings. The van der Waals surface area contributed by atoms with Crippen LogP contribution in [0.4, 0.5) is 5.69 Å². The summed E-state index contributed by atoms with van der Waals surface area (Å²) in [5.74, 6) is 0.148. The molecule has 4 nitrogen and oxygen atoms in total. The molecule has 0 spiro atoms. The molecule has 0 aliphatic carbocycles. The summed E-state index contributed by atoms with van der Waals surface area (Å²) in [5, 5.41) is 22.8. The van der Waals surface area contributed by atoms with Gasteiger partial charge in [0.25, 0.3) is 0 Å². The van der Waals surface area contributed by atoms with Crippen LogP contribution in [0.2, 0.25) is 0 Å². The highest BCUT2D eigenvalue weighted by atomic mass is 16.3. The molecule has 1 heterocycles. The number of nitrogens with zero attached hydrogens (tertiary/aromatic N) is 1. The largest absolute Gasteiger partial charge is 0.506 e. The Morgan fingerprint density at radius 3 is 2.65 bits per heavy atom. The van der Waals surface area contributed by atoms with Crippen molar-refractivity contribution in [3.63, 3.8) is 0 Å². The van der Waals surface area contributed by atoms with E-state index in [0.717, 1.165) is 5.69 Å². The first-order valence-electron chi connectivity index (χ1n) is 6.61. The second kappa shape index (κ2) is 5.92. The standard InChI is InChI=1S/C16H20N2O2/c1-10-5-4-6-15(11(10)2)18-8-14-13(9-19)7-17-12(3)16(14)20/h4-7,18-20H,8-9H2,1-3H3. The van der Waals surface area contributed by atoms with Gasteiger partial charge in [-0.2, -0.15) is 0 Å². The first-order valence-corrected chi connectivity index (χ1v) is 6.61. The van der Waals surface area contributed by atoms with Crippen molar-refractivity contribution in [3.8, 4) is 5.75 Å². The lowest BCUT2D eigenvalue weighted by Gasteiger charge is -2.15. The van der Waals surface area contributed by atoms with Crippen LogP contribution in [0.15, 0.2) is 24.4 Å². The van der Waals surface area contributed by atoms with Crippen molar-refractivity contribution in [1.29, 1.82) is 0 Å². The van der Waals surface area contributed by atoms with Crippen LogP contribution in [-0.2, 0) is 13.2 Å². The molecule has 0 unspecified atom stereocenters. The van der Waals surface area contributed by atoms with Crippen LogP contribution in [0.3, 0.4) is 0 Å². The van der Waals surface area contributed by atoms with E-state index in [-0.39, 0.29) is 12.4 Å². The Labute approximate surface area is 119 Å². The van der Waals surface area contributed by atoms with E-state index < -0.39 is 0 Å². The number of benzene rings is 1. The fourth-order valence-corrected chi connectivity index (χ4v) is 2.14. The van der Waals surface area contributed by atoms with E-state index in [1.165, 1.54) is 11.1 Å². The average Bonchev–Trinajstić information content (AvgIpc) is 2.44. The Morgan fingerprint density at radius 1 is 1.20 bits per heavy atom. The number of aromatic nitrogens is 1. The minimum atomic E-state index is -0.134. The van der Waals surface area contributed by atoms with E-state index in [9.17, 15) is 10.2 Å². The number of anilines is 1. The Morgan fingerprint density at radius 2 is 1.95 bits per heavy atom. The molecule has 4 heteroatoms. The van der Waals surface area contributed by atoms with Crippen LogP contribution in [0.1, 0.15) is 27.9 Å². The lowest BCUT2D eigenvalue weighted by Crippen LogP contribution is -2.06. The maximum absolute atomic E-state index is 10.1. The third-order valence-corrected chi connectivity index (χ3v) is 3.66. The van der Waals surface area contributed by atoms with Crippen molar-refractivity contribution in [1.82, 2.24) is 4.98 Å². The van der Waals surface area contributed by atoms with Crippen molar-refractivity contribution in [2.75, 3.05) is 5.32 Å². The highest BCUT2D eigenvalue weighted by molar-refractivity contribution is 5.55. The van der Waals surface area contributed by atoms with Crippen molar-refractivity contribution in [2.45, 2.75) is 33.9 Å². The minimum absolute atomic E-state index is 0.134.